The molecule has 1 aliphatic rings. The van der Waals surface area contributed by atoms with Crippen LogP contribution in [0.15, 0.2) is 0 Å². The molecule has 5 heteroatoms. The molecule has 2 heterocycles. The summed E-state index contributed by atoms with van der Waals surface area (Å²) in [5.74, 6) is 0.564. The first-order chi connectivity index (χ1) is 7.97. The molecule has 0 radical (unpaired) electrons. The number of aliphatic hydroxyl groups excluding tert-OH is 1. The normalized spacial score (nSPS) is 16.4. The van der Waals surface area contributed by atoms with Crippen molar-refractivity contribution in [3.05, 3.63) is 15.6 Å². The molecule has 1 amide bonds. The number of β-amino-alcohol motifs (C(OH)–C–C–N with tert-alkyl or cyclic N) is 1. The third-order valence-corrected chi connectivity index (χ3v) is 3.94. The van der Waals surface area contributed by atoms with Crippen LogP contribution in [0.3, 0.4) is 0 Å². The molecular weight excluding hydrogens is 236 g/mol. The predicted molar refractivity (Wildman–Crippen MR) is 67.3 cm³/mol. The molecule has 1 N–H and O–H groups in total. The summed E-state index contributed by atoms with van der Waals surface area (Å²) in [5, 5.41) is 10.2. The zero-order valence-corrected chi connectivity index (χ0v) is 11.3. The number of thiazole rings is 1. The maximum absolute atomic E-state index is 12.1. The molecule has 1 aromatic rings. The van der Waals surface area contributed by atoms with Crippen LogP contribution >= 0.6 is 11.3 Å². The highest BCUT2D eigenvalue weighted by Crippen LogP contribution is 2.24. The zero-order valence-electron chi connectivity index (χ0n) is 10.4. The largest absolute Gasteiger partial charge is 0.389 e. The summed E-state index contributed by atoms with van der Waals surface area (Å²) < 4.78 is 0. The summed E-state index contributed by atoms with van der Waals surface area (Å²) in [6.45, 7) is 7.07. The average Bonchev–Trinajstić information content (AvgIpc) is 2.52. The van der Waals surface area contributed by atoms with E-state index in [1.807, 2.05) is 6.92 Å². The second-order valence-electron chi connectivity index (χ2n) is 4.98. The number of carbonyl (C=O) groups excluding carboxylic acids is 1. The number of aliphatic hydroxyl groups is 1. The molecule has 1 aliphatic heterocycles. The van der Waals surface area contributed by atoms with Gasteiger partial charge in [0.1, 0.15) is 4.88 Å². The SMILES string of the molecule is Cc1nc(CC(C)C)sc1C(=O)N1CC(O)C1. The van der Waals surface area contributed by atoms with Crippen LogP contribution in [0.5, 0.6) is 0 Å². The van der Waals surface area contributed by atoms with E-state index < -0.39 is 0 Å². The van der Waals surface area contributed by atoms with Gasteiger partial charge in [0.25, 0.3) is 5.91 Å². The fourth-order valence-electron chi connectivity index (χ4n) is 1.85. The van der Waals surface area contributed by atoms with Crippen LogP contribution < -0.4 is 0 Å². The zero-order chi connectivity index (χ0) is 12.6. The summed E-state index contributed by atoms with van der Waals surface area (Å²) in [6, 6.07) is 0. The first-order valence-corrected chi connectivity index (χ1v) is 6.72. The lowest BCUT2D eigenvalue weighted by Crippen LogP contribution is -2.53. The second kappa shape index (κ2) is 4.74. The minimum Gasteiger partial charge on any atom is -0.389 e. The highest BCUT2D eigenvalue weighted by molar-refractivity contribution is 7.13. The third kappa shape index (κ3) is 2.66. The van der Waals surface area contributed by atoms with Crippen LogP contribution in [-0.4, -0.2) is 40.1 Å². The van der Waals surface area contributed by atoms with Crippen molar-refractivity contribution in [3.63, 3.8) is 0 Å². The molecule has 0 aromatic carbocycles. The Morgan fingerprint density at radius 1 is 1.59 bits per heavy atom. The molecule has 4 nitrogen and oxygen atoms in total. The maximum atomic E-state index is 12.1. The van der Waals surface area contributed by atoms with E-state index in [1.54, 1.807) is 4.90 Å². The Balaban J connectivity index is 2.10. The molecular formula is C12H18N2O2S. The van der Waals surface area contributed by atoms with Crippen LogP contribution in [-0.2, 0) is 6.42 Å². The Morgan fingerprint density at radius 2 is 2.24 bits per heavy atom. The standard InChI is InChI=1S/C12H18N2O2S/c1-7(2)4-10-13-8(3)11(17-10)12(16)14-5-9(15)6-14/h7,9,15H,4-6H2,1-3H3. The molecule has 2 rings (SSSR count). The van der Waals surface area contributed by atoms with Crippen LogP contribution in [0.25, 0.3) is 0 Å². The van der Waals surface area contributed by atoms with Crippen molar-refractivity contribution in [3.8, 4) is 0 Å². The molecule has 1 fully saturated rings. The van der Waals surface area contributed by atoms with Gasteiger partial charge in [0.15, 0.2) is 0 Å². The van der Waals surface area contributed by atoms with Gasteiger partial charge < -0.3 is 10.0 Å². The van der Waals surface area contributed by atoms with Crippen LogP contribution in [0.2, 0.25) is 0 Å². The number of likely N-dealkylation sites (tertiary alicyclic amines) is 1. The molecule has 0 spiro atoms. The number of hydrogen-bond acceptors (Lipinski definition) is 4. The van der Waals surface area contributed by atoms with Gasteiger partial charge in [-0.25, -0.2) is 4.98 Å². The molecule has 0 aliphatic carbocycles. The Labute approximate surface area is 105 Å². The minimum atomic E-state index is -0.345. The van der Waals surface area contributed by atoms with Crippen molar-refractivity contribution in [1.82, 2.24) is 9.88 Å². The smallest absolute Gasteiger partial charge is 0.266 e. The van der Waals surface area contributed by atoms with Crippen molar-refractivity contribution >= 4 is 17.2 Å². The number of rotatable bonds is 3. The highest BCUT2D eigenvalue weighted by atomic mass is 32.1. The van der Waals surface area contributed by atoms with Crippen LogP contribution in [0.4, 0.5) is 0 Å². The van der Waals surface area contributed by atoms with Gasteiger partial charge in [-0.05, 0) is 12.8 Å². The number of hydrogen-bond donors (Lipinski definition) is 1. The average molecular weight is 254 g/mol. The quantitative estimate of drug-likeness (QED) is 0.888. The van der Waals surface area contributed by atoms with Crippen molar-refractivity contribution in [2.45, 2.75) is 33.3 Å². The topological polar surface area (TPSA) is 53.4 Å². The van der Waals surface area contributed by atoms with Crippen LogP contribution in [0.1, 0.15) is 34.2 Å². The van der Waals surface area contributed by atoms with Gasteiger partial charge in [-0.2, -0.15) is 0 Å². The monoisotopic (exact) mass is 254 g/mol. The van der Waals surface area contributed by atoms with Crippen molar-refractivity contribution in [2.75, 3.05) is 13.1 Å². The van der Waals surface area contributed by atoms with Crippen LogP contribution in [0, 0.1) is 12.8 Å². The highest BCUT2D eigenvalue weighted by Gasteiger charge is 2.31. The molecule has 1 saturated heterocycles. The van der Waals surface area contributed by atoms with Gasteiger partial charge in [-0.1, -0.05) is 13.8 Å². The van der Waals surface area contributed by atoms with E-state index in [0.717, 1.165) is 22.0 Å². The maximum Gasteiger partial charge on any atom is 0.266 e. The number of amides is 1. The summed E-state index contributed by atoms with van der Waals surface area (Å²) >= 11 is 1.49. The number of nitrogens with zero attached hydrogens (tertiary/aromatic N) is 2. The molecule has 0 bridgehead atoms. The molecule has 1 aromatic heterocycles. The van der Waals surface area contributed by atoms with Crippen molar-refractivity contribution in [2.24, 2.45) is 5.92 Å². The minimum absolute atomic E-state index is 0.0142. The summed E-state index contributed by atoms with van der Waals surface area (Å²) in [4.78, 5) is 18.9. The fraction of sp³-hybridized carbons (Fsp3) is 0.667. The predicted octanol–water partition coefficient (Wildman–Crippen LogP) is 1.47. The van der Waals surface area contributed by atoms with Gasteiger partial charge in [-0.3, -0.25) is 4.79 Å². The van der Waals surface area contributed by atoms with Gasteiger partial charge in [0, 0.05) is 19.5 Å². The summed E-state index contributed by atoms with van der Waals surface area (Å²) in [7, 11) is 0. The van der Waals surface area contributed by atoms with E-state index in [2.05, 4.69) is 18.8 Å². The first kappa shape index (κ1) is 12.5. The Kier molecular flexibility index (Phi) is 3.49. The fourth-order valence-corrected chi connectivity index (χ4v) is 3.10. The number of aromatic nitrogens is 1. The van der Waals surface area contributed by atoms with Crippen molar-refractivity contribution < 1.29 is 9.90 Å². The number of carbonyl (C=O) groups is 1. The number of aryl methyl sites for hydroxylation is 1. The summed E-state index contributed by atoms with van der Waals surface area (Å²) in [6.07, 6.45) is 0.573. The van der Waals surface area contributed by atoms with E-state index >= 15 is 0 Å². The Bertz CT molecular complexity index is 422. The van der Waals surface area contributed by atoms with Crippen molar-refractivity contribution in [1.29, 1.82) is 0 Å². The molecule has 94 valence electrons. The lowest BCUT2D eigenvalue weighted by molar-refractivity contribution is 0.00616. The Hall–Kier alpha value is -0.940. The lowest BCUT2D eigenvalue weighted by atomic mass is 10.1. The molecule has 0 unspecified atom stereocenters. The Morgan fingerprint density at radius 3 is 2.76 bits per heavy atom. The van der Waals surface area contributed by atoms with Gasteiger partial charge in [-0.15, -0.1) is 11.3 Å². The molecule has 17 heavy (non-hydrogen) atoms. The van der Waals surface area contributed by atoms with E-state index in [1.165, 1.54) is 11.3 Å². The van der Waals surface area contributed by atoms with Gasteiger partial charge >= 0.3 is 0 Å². The van der Waals surface area contributed by atoms with E-state index in [4.69, 9.17) is 0 Å². The third-order valence-electron chi connectivity index (χ3n) is 2.77. The lowest BCUT2D eigenvalue weighted by Gasteiger charge is -2.35. The van der Waals surface area contributed by atoms with E-state index in [0.29, 0.717) is 19.0 Å². The molecule has 0 saturated carbocycles. The second-order valence-corrected chi connectivity index (χ2v) is 6.07. The molecule has 0 atom stereocenters. The van der Waals surface area contributed by atoms with E-state index in [9.17, 15) is 9.90 Å². The van der Waals surface area contributed by atoms with E-state index in [-0.39, 0.29) is 12.0 Å². The van der Waals surface area contributed by atoms with Gasteiger partial charge in [0.2, 0.25) is 0 Å². The summed E-state index contributed by atoms with van der Waals surface area (Å²) in [5.41, 5.74) is 0.817. The first-order valence-electron chi connectivity index (χ1n) is 5.91. The van der Waals surface area contributed by atoms with Gasteiger partial charge in [0.05, 0.1) is 16.8 Å².